The smallest absolute Gasteiger partial charge is 0.256 e. The molecule has 2 saturated heterocycles. The number of amides is 1. The number of benzene rings is 1. The molecule has 0 aliphatic carbocycles. The summed E-state index contributed by atoms with van der Waals surface area (Å²) >= 11 is 0. The van der Waals surface area contributed by atoms with Crippen molar-refractivity contribution in [2.24, 2.45) is 0 Å². The molecule has 0 saturated carbocycles. The van der Waals surface area contributed by atoms with Crippen molar-refractivity contribution in [3.05, 3.63) is 29.6 Å². The third-order valence-electron chi connectivity index (χ3n) is 4.89. The van der Waals surface area contributed by atoms with E-state index in [0.717, 1.165) is 25.0 Å². The fourth-order valence-electron chi connectivity index (χ4n) is 3.32. The van der Waals surface area contributed by atoms with E-state index in [0.29, 0.717) is 32.9 Å². The van der Waals surface area contributed by atoms with Crippen LogP contribution in [0.3, 0.4) is 0 Å². The van der Waals surface area contributed by atoms with Crippen LogP contribution in [0.25, 0.3) is 0 Å². The molecular formula is C18H25FN2O5S. The minimum atomic E-state index is -3.80. The van der Waals surface area contributed by atoms with Gasteiger partial charge < -0.3 is 14.4 Å². The number of rotatable bonds is 6. The van der Waals surface area contributed by atoms with E-state index in [2.05, 4.69) is 0 Å². The number of likely N-dealkylation sites (N-methyl/N-ethyl adjacent to an activating group) is 1. The van der Waals surface area contributed by atoms with Gasteiger partial charge in [0.05, 0.1) is 29.8 Å². The molecule has 150 valence electrons. The Morgan fingerprint density at radius 2 is 2.04 bits per heavy atom. The molecule has 0 bridgehead atoms. The number of sulfonamides is 1. The van der Waals surface area contributed by atoms with Gasteiger partial charge in [-0.05, 0) is 38.0 Å². The van der Waals surface area contributed by atoms with Crippen LogP contribution in [0, 0.1) is 5.82 Å². The van der Waals surface area contributed by atoms with Crippen molar-refractivity contribution >= 4 is 15.9 Å². The number of halogens is 1. The second-order valence-corrected chi connectivity index (χ2v) is 8.57. The molecule has 1 aromatic rings. The molecule has 2 aliphatic rings. The van der Waals surface area contributed by atoms with Crippen LogP contribution in [0.4, 0.5) is 4.39 Å². The average molecular weight is 400 g/mol. The van der Waals surface area contributed by atoms with Crippen molar-refractivity contribution < 1.29 is 27.1 Å². The number of nitrogens with zero attached hydrogens (tertiary/aromatic N) is 2. The molecule has 9 heteroatoms. The highest BCUT2D eigenvalue weighted by Gasteiger charge is 2.29. The molecule has 1 atom stereocenters. The summed E-state index contributed by atoms with van der Waals surface area (Å²) in [7, 11) is -3.80. The molecule has 1 amide bonds. The molecule has 1 aromatic carbocycles. The molecule has 2 aliphatic heterocycles. The first kappa shape index (κ1) is 20.2. The fourth-order valence-corrected chi connectivity index (χ4v) is 4.76. The van der Waals surface area contributed by atoms with E-state index in [1.807, 2.05) is 0 Å². The Balaban J connectivity index is 1.84. The Labute approximate surface area is 159 Å². The molecule has 2 heterocycles. The van der Waals surface area contributed by atoms with Crippen molar-refractivity contribution in [2.75, 3.05) is 46.0 Å². The lowest BCUT2D eigenvalue weighted by Gasteiger charge is -2.27. The number of morpholine rings is 1. The predicted molar refractivity (Wildman–Crippen MR) is 96.5 cm³/mol. The summed E-state index contributed by atoms with van der Waals surface area (Å²) in [5.74, 6) is -1.25. The Morgan fingerprint density at radius 1 is 1.30 bits per heavy atom. The van der Waals surface area contributed by atoms with Crippen LogP contribution in [0.1, 0.15) is 30.1 Å². The maximum atomic E-state index is 14.4. The first-order valence-corrected chi connectivity index (χ1v) is 10.7. The van der Waals surface area contributed by atoms with Gasteiger partial charge in [-0.2, -0.15) is 4.31 Å². The van der Waals surface area contributed by atoms with Gasteiger partial charge in [-0.1, -0.05) is 0 Å². The van der Waals surface area contributed by atoms with Gasteiger partial charge in [0.1, 0.15) is 5.82 Å². The molecule has 2 fully saturated rings. The minimum absolute atomic E-state index is 0.0581. The largest absolute Gasteiger partial charge is 0.379 e. The molecule has 7 nitrogen and oxygen atoms in total. The first-order chi connectivity index (χ1) is 12.9. The van der Waals surface area contributed by atoms with Crippen molar-refractivity contribution in [1.82, 2.24) is 9.21 Å². The Morgan fingerprint density at radius 3 is 2.67 bits per heavy atom. The lowest BCUT2D eigenvalue weighted by Crippen LogP contribution is -2.41. The van der Waals surface area contributed by atoms with E-state index in [1.54, 1.807) is 6.92 Å². The van der Waals surface area contributed by atoms with Crippen molar-refractivity contribution in [3.8, 4) is 0 Å². The molecule has 1 unspecified atom stereocenters. The summed E-state index contributed by atoms with van der Waals surface area (Å²) in [4.78, 5) is 14.3. The van der Waals surface area contributed by atoms with E-state index >= 15 is 0 Å². The first-order valence-electron chi connectivity index (χ1n) is 9.22. The van der Waals surface area contributed by atoms with Gasteiger partial charge in [-0.25, -0.2) is 12.8 Å². The molecule has 0 N–H and O–H groups in total. The molecule has 0 aromatic heterocycles. The number of carbonyl (C=O) groups is 1. The third-order valence-corrected chi connectivity index (χ3v) is 6.79. The molecule has 0 spiro atoms. The third kappa shape index (κ3) is 4.48. The van der Waals surface area contributed by atoms with Crippen LogP contribution in [-0.4, -0.2) is 75.6 Å². The van der Waals surface area contributed by atoms with Crippen LogP contribution in [0.2, 0.25) is 0 Å². The van der Waals surface area contributed by atoms with E-state index in [4.69, 9.17) is 9.47 Å². The summed E-state index contributed by atoms with van der Waals surface area (Å²) in [5.41, 5.74) is -0.232. The quantitative estimate of drug-likeness (QED) is 0.723. The Bertz CT molecular complexity index is 774. The number of hydrogen-bond donors (Lipinski definition) is 0. The summed E-state index contributed by atoms with van der Waals surface area (Å²) in [6.45, 7) is 4.34. The Kier molecular flexibility index (Phi) is 6.46. The number of ether oxygens (including phenoxy) is 2. The number of hydrogen-bond acceptors (Lipinski definition) is 5. The van der Waals surface area contributed by atoms with Gasteiger partial charge in [-0.3, -0.25) is 4.79 Å². The maximum absolute atomic E-state index is 14.4. The maximum Gasteiger partial charge on any atom is 0.256 e. The topological polar surface area (TPSA) is 76.2 Å². The summed E-state index contributed by atoms with van der Waals surface area (Å²) < 4.78 is 52.0. The molecule has 27 heavy (non-hydrogen) atoms. The van der Waals surface area contributed by atoms with Gasteiger partial charge in [0, 0.05) is 32.8 Å². The second kappa shape index (κ2) is 8.64. The zero-order valence-corrected chi connectivity index (χ0v) is 16.2. The number of carbonyl (C=O) groups excluding carboxylic acids is 1. The monoisotopic (exact) mass is 400 g/mol. The van der Waals surface area contributed by atoms with Gasteiger partial charge in [0.25, 0.3) is 5.91 Å². The lowest BCUT2D eigenvalue weighted by molar-refractivity contribution is 0.0535. The van der Waals surface area contributed by atoms with Crippen LogP contribution >= 0.6 is 0 Å². The van der Waals surface area contributed by atoms with Crippen molar-refractivity contribution in [2.45, 2.75) is 30.8 Å². The van der Waals surface area contributed by atoms with E-state index in [9.17, 15) is 17.6 Å². The van der Waals surface area contributed by atoms with E-state index in [-0.39, 0.29) is 29.7 Å². The highest BCUT2D eigenvalue weighted by atomic mass is 32.2. The van der Waals surface area contributed by atoms with Gasteiger partial charge in [0.2, 0.25) is 10.0 Å². The van der Waals surface area contributed by atoms with Crippen LogP contribution in [0.5, 0.6) is 0 Å². The normalized spacial score (nSPS) is 21.3. The van der Waals surface area contributed by atoms with Crippen LogP contribution in [-0.2, 0) is 19.5 Å². The highest BCUT2D eigenvalue weighted by Crippen LogP contribution is 2.22. The average Bonchev–Trinajstić information content (AvgIpc) is 3.19. The lowest BCUT2D eigenvalue weighted by atomic mass is 10.1. The summed E-state index contributed by atoms with van der Waals surface area (Å²) in [6, 6.07) is 3.38. The summed E-state index contributed by atoms with van der Waals surface area (Å²) in [6.07, 6.45) is 1.74. The predicted octanol–water partition coefficient (Wildman–Crippen LogP) is 1.49. The van der Waals surface area contributed by atoms with Crippen LogP contribution in [0.15, 0.2) is 23.1 Å². The Hall–Kier alpha value is -1.55. The molecular weight excluding hydrogens is 375 g/mol. The SMILES string of the molecule is CCN(CC1CCCO1)C(=O)c1cc(S(=O)(=O)N2CCOCC2)ccc1F. The molecule has 3 rings (SSSR count). The van der Waals surface area contributed by atoms with Crippen LogP contribution < -0.4 is 0 Å². The van der Waals surface area contributed by atoms with E-state index < -0.39 is 21.7 Å². The highest BCUT2D eigenvalue weighted by molar-refractivity contribution is 7.89. The van der Waals surface area contributed by atoms with Gasteiger partial charge >= 0.3 is 0 Å². The zero-order valence-electron chi connectivity index (χ0n) is 15.4. The van der Waals surface area contributed by atoms with Crippen molar-refractivity contribution in [1.29, 1.82) is 0 Å². The van der Waals surface area contributed by atoms with Gasteiger partial charge in [0.15, 0.2) is 0 Å². The molecule has 0 radical (unpaired) electrons. The minimum Gasteiger partial charge on any atom is -0.379 e. The second-order valence-electron chi connectivity index (χ2n) is 6.64. The zero-order chi connectivity index (χ0) is 19.4. The standard InChI is InChI=1S/C18H25FN2O5S/c1-2-20(13-14-4-3-9-26-14)18(22)16-12-15(5-6-17(16)19)27(23,24)21-7-10-25-11-8-21/h5-6,12,14H,2-4,7-11,13H2,1H3. The van der Waals surface area contributed by atoms with Crippen molar-refractivity contribution in [3.63, 3.8) is 0 Å². The fraction of sp³-hybridized carbons (Fsp3) is 0.611. The van der Waals surface area contributed by atoms with Gasteiger partial charge in [-0.15, -0.1) is 0 Å². The van der Waals surface area contributed by atoms with E-state index in [1.165, 1.54) is 15.3 Å². The summed E-state index contributed by atoms with van der Waals surface area (Å²) in [5, 5.41) is 0.